The number of hydrogen-bond acceptors (Lipinski definition) is 2. The van der Waals surface area contributed by atoms with Gasteiger partial charge in [0.1, 0.15) is 19.2 Å². The fourth-order valence-electron chi connectivity index (χ4n) is 3.73. The molecule has 2 unspecified atom stereocenters. The Morgan fingerprint density at radius 1 is 1.00 bits per heavy atom. The molecule has 0 bridgehead atoms. The number of aliphatic hydroxyl groups is 1. The van der Waals surface area contributed by atoms with Crippen molar-refractivity contribution in [2.75, 3.05) is 26.2 Å². The summed E-state index contributed by atoms with van der Waals surface area (Å²) in [6, 6.07) is 0. The van der Waals surface area contributed by atoms with Gasteiger partial charge in [0.25, 0.3) is 0 Å². The van der Waals surface area contributed by atoms with Crippen molar-refractivity contribution in [2.45, 2.75) is 91.1 Å². The number of hydrogen-bond donors (Lipinski definition) is 1. The average molecular weight is 312 g/mol. The third-order valence-electron chi connectivity index (χ3n) is 5.09. The van der Waals surface area contributed by atoms with Crippen LogP contribution in [-0.4, -0.2) is 47.7 Å². The molecule has 0 aromatic carbocycles. The molecule has 0 aliphatic carbocycles. The van der Waals surface area contributed by atoms with Gasteiger partial charge >= 0.3 is 0 Å². The fourth-order valence-corrected chi connectivity index (χ4v) is 3.73. The van der Waals surface area contributed by atoms with Crippen molar-refractivity contribution >= 4 is 5.84 Å². The minimum absolute atomic E-state index is 0.230. The van der Waals surface area contributed by atoms with Crippen molar-refractivity contribution in [1.29, 1.82) is 0 Å². The Morgan fingerprint density at radius 3 is 2.14 bits per heavy atom. The summed E-state index contributed by atoms with van der Waals surface area (Å²) >= 11 is 0. The molecule has 1 aliphatic rings. The smallest absolute Gasteiger partial charge is 0.198 e. The zero-order valence-electron chi connectivity index (χ0n) is 15.3. The third kappa shape index (κ3) is 6.78. The van der Waals surface area contributed by atoms with Gasteiger partial charge in [-0.2, -0.15) is 0 Å². The minimum Gasteiger partial charge on any atom is -0.388 e. The summed E-state index contributed by atoms with van der Waals surface area (Å²) in [5, 5.41) is 9.79. The zero-order chi connectivity index (χ0) is 16.3. The second kappa shape index (κ2) is 11.2. The van der Waals surface area contributed by atoms with Crippen molar-refractivity contribution < 1.29 is 9.59 Å². The first kappa shape index (κ1) is 19.6. The van der Waals surface area contributed by atoms with E-state index in [1.807, 2.05) is 6.92 Å². The molecule has 0 aromatic heterocycles. The molecule has 3 heteroatoms. The van der Waals surface area contributed by atoms with Gasteiger partial charge in [-0.3, -0.25) is 4.48 Å². The lowest BCUT2D eigenvalue weighted by molar-refractivity contribution is -0.837. The molecule has 1 rings (SSSR count). The molecular weight excluding hydrogens is 272 g/mol. The van der Waals surface area contributed by atoms with Crippen LogP contribution in [0.4, 0.5) is 0 Å². The van der Waals surface area contributed by atoms with E-state index in [4.69, 9.17) is 4.99 Å². The highest BCUT2D eigenvalue weighted by atomic mass is 16.3. The second-order valence-corrected chi connectivity index (χ2v) is 7.09. The predicted octanol–water partition coefficient (Wildman–Crippen LogP) is 4.54. The predicted molar refractivity (Wildman–Crippen MR) is 96.4 cm³/mol. The molecule has 0 amide bonds. The third-order valence-corrected chi connectivity index (χ3v) is 5.09. The van der Waals surface area contributed by atoms with Crippen LogP contribution in [0.1, 0.15) is 85.0 Å². The topological polar surface area (TPSA) is 32.6 Å². The summed E-state index contributed by atoms with van der Waals surface area (Å²) in [5.41, 5.74) is 0. The van der Waals surface area contributed by atoms with Gasteiger partial charge in [-0.05, 0) is 20.3 Å². The van der Waals surface area contributed by atoms with Crippen molar-refractivity contribution in [3.05, 3.63) is 0 Å². The highest BCUT2D eigenvalue weighted by Crippen LogP contribution is 2.21. The van der Waals surface area contributed by atoms with Crippen LogP contribution in [0.3, 0.4) is 0 Å². The van der Waals surface area contributed by atoms with Crippen molar-refractivity contribution in [1.82, 2.24) is 0 Å². The zero-order valence-corrected chi connectivity index (χ0v) is 15.3. The van der Waals surface area contributed by atoms with Crippen LogP contribution in [0.15, 0.2) is 4.99 Å². The van der Waals surface area contributed by atoms with Gasteiger partial charge in [0.2, 0.25) is 0 Å². The van der Waals surface area contributed by atoms with E-state index in [0.29, 0.717) is 0 Å². The molecule has 2 atom stereocenters. The summed E-state index contributed by atoms with van der Waals surface area (Å²) in [6.07, 6.45) is 13.3. The van der Waals surface area contributed by atoms with Gasteiger partial charge in [-0.1, -0.05) is 58.3 Å². The molecule has 0 saturated carbocycles. The first-order valence-electron chi connectivity index (χ1n) is 9.72. The van der Waals surface area contributed by atoms with Crippen LogP contribution in [-0.2, 0) is 0 Å². The van der Waals surface area contributed by atoms with Crippen LogP contribution < -0.4 is 0 Å². The molecule has 0 radical (unpaired) electrons. The van der Waals surface area contributed by atoms with E-state index in [2.05, 4.69) is 13.8 Å². The standard InChI is InChI=1S/C19H39N2O/c1-4-6-7-8-9-10-11-12-13-14-19-20-15-16-21(19,5-2)17-18(3)22/h18,22H,4-17H2,1-3H3/q+1. The Labute approximate surface area is 138 Å². The van der Waals surface area contributed by atoms with E-state index in [9.17, 15) is 5.11 Å². The number of quaternary nitrogens is 1. The summed E-state index contributed by atoms with van der Waals surface area (Å²) < 4.78 is 0.939. The Balaban J connectivity index is 2.15. The van der Waals surface area contributed by atoms with Gasteiger partial charge in [-0.15, -0.1) is 0 Å². The molecule has 1 heterocycles. The van der Waals surface area contributed by atoms with Gasteiger partial charge in [0.15, 0.2) is 5.84 Å². The van der Waals surface area contributed by atoms with Gasteiger partial charge in [-0.25, -0.2) is 4.99 Å². The summed E-state index contributed by atoms with van der Waals surface area (Å²) in [5.74, 6) is 1.35. The highest BCUT2D eigenvalue weighted by Gasteiger charge is 2.36. The minimum atomic E-state index is -0.230. The molecule has 0 aromatic rings. The van der Waals surface area contributed by atoms with Crippen LogP contribution in [0, 0.1) is 0 Å². The van der Waals surface area contributed by atoms with Crippen LogP contribution in [0.5, 0.6) is 0 Å². The Morgan fingerprint density at radius 2 is 1.59 bits per heavy atom. The monoisotopic (exact) mass is 311 g/mol. The van der Waals surface area contributed by atoms with Crippen molar-refractivity contribution in [3.63, 3.8) is 0 Å². The van der Waals surface area contributed by atoms with E-state index in [1.165, 1.54) is 63.6 Å². The van der Waals surface area contributed by atoms with Crippen LogP contribution in [0.25, 0.3) is 0 Å². The Bertz CT molecular complexity index is 315. The lowest BCUT2D eigenvalue weighted by Crippen LogP contribution is -2.54. The van der Waals surface area contributed by atoms with Crippen molar-refractivity contribution in [2.24, 2.45) is 4.99 Å². The first-order chi connectivity index (χ1) is 10.6. The Kier molecular flexibility index (Phi) is 9.98. The van der Waals surface area contributed by atoms with Gasteiger partial charge < -0.3 is 5.11 Å². The maximum atomic E-state index is 9.79. The molecule has 0 fully saturated rings. The number of likely N-dealkylation sites (N-methyl/N-ethyl adjacent to an activating group) is 1. The second-order valence-electron chi connectivity index (χ2n) is 7.09. The maximum absolute atomic E-state index is 9.79. The summed E-state index contributed by atoms with van der Waals surface area (Å²) in [7, 11) is 0. The molecule has 3 nitrogen and oxygen atoms in total. The molecule has 1 N–H and O–H groups in total. The number of unbranched alkanes of at least 4 members (excludes halogenated alkanes) is 8. The summed E-state index contributed by atoms with van der Waals surface area (Å²) in [6.45, 7) is 10.4. The van der Waals surface area contributed by atoms with E-state index in [-0.39, 0.29) is 6.10 Å². The molecule has 22 heavy (non-hydrogen) atoms. The average Bonchev–Trinajstić information content (AvgIpc) is 2.88. The molecule has 0 saturated heterocycles. The van der Waals surface area contributed by atoms with Gasteiger partial charge in [0.05, 0.1) is 13.1 Å². The number of nitrogens with zero attached hydrogens (tertiary/aromatic N) is 2. The lowest BCUT2D eigenvalue weighted by Gasteiger charge is -2.34. The Hall–Kier alpha value is -0.410. The highest BCUT2D eigenvalue weighted by molar-refractivity contribution is 5.76. The van der Waals surface area contributed by atoms with E-state index in [1.54, 1.807) is 0 Å². The van der Waals surface area contributed by atoms with E-state index >= 15 is 0 Å². The SMILES string of the molecule is CCCCCCCCCCCC1=NCC[N+]1(CC)CC(C)O. The van der Waals surface area contributed by atoms with Crippen LogP contribution >= 0.6 is 0 Å². The normalized spacial score (nSPS) is 22.8. The fraction of sp³-hybridized carbons (Fsp3) is 0.947. The number of rotatable bonds is 13. The quantitative estimate of drug-likeness (QED) is 0.393. The van der Waals surface area contributed by atoms with E-state index in [0.717, 1.165) is 37.1 Å². The van der Waals surface area contributed by atoms with E-state index < -0.39 is 0 Å². The lowest BCUT2D eigenvalue weighted by atomic mass is 10.1. The number of aliphatic imine (C=N–C) groups is 1. The van der Waals surface area contributed by atoms with Crippen LogP contribution in [0.2, 0.25) is 0 Å². The molecule has 1 aliphatic heterocycles. The van der Waals surface area contributed by atoms with Crippen molar-refractivity contribution in [3.8, 4) is 0 Å². The molecule has 0 spiro atoms. The first-order valence-corrected chi connectivity index (χ1v) is 9.72. The maximum Gasteiger partial charge on any atom is 0.198 e. The number of amidine groups is 1. The largest absolute Gasteiger partial charge is 0.388 e. The molecular formula is C19H39N2O+. The van der Waals surface area contributed by atoms with Gasteiger partial charge in [0, 0.05) is 6.42 Å². The summed E-state index contributed by atoms with van der Waals surface area (Å²) in [4.78, 5) is 4.76. The molecule has 130 valence electrons. The number of aliphatic hydroxyl groups excluding tert-OH is 1.